The molecule has 0 spiro atoms. The van der Waals surface area contributed by atoms with Crippen LogP contribution in [0.3, 0.4) is 0 Å². The number of ether oxygens (including phenoxy) is 1. The zero-order valence-corrected chi connectivity index (χ0v) is 10.9. The second-order valence-corrected chi connectivity index (χ2v) is 4.84. The van der Waals surface area contributed by atoms with E-state index in [1.165, 1.54) is 5.39 Å². The minimum atomic E-state index is -0.824. The first-order chi connectivity index (χ1) is 9.07. The Balaban J connectivity index is 0.000000141. The molecule has 1 N–H and O–H groups in total. The highest BCUT2D eigenvalue weighted by Gasteiger charge is 2.29. The lowest BCUT2D eigenvalue weighted by atomic mass is 9.97. The smallest absolute Gasteiger partial charge is 0.308 e. The largest absolute Gasteiger partial charge is 0.465 e. The molecule has 1 aromatic heterocycles. The van der Waals surface area contributed by atoms with E-state index in [-0.39, 0.29) is 12.4 Å². The number of esters is 1. The number of fused-ring (bicyclic) bond motifs is 1. The van der Waals surface area contributed by atoms with Crippen molar-refractivity contribution < 1.29 is 14.6 Å². The zero-order valence-electron chi connectivity index (χ0n) is 10.9. The number of rotatable bonds is 0. The van der Waals surface area contributed by atoms with Gasteiger partial charge in [0.25, 0.3) is 0 Å². The van der Waals surface area contributed by atoms with Crippen molar-refractivity contribution >= 4 is 16.9 Å². The number of cyclic esters (lactones) is 1. The quantitative estimate of drug-likeness (QED) is 0.737. The van der Waals surface area contributed by atoms with Gasteiger partial charge in [-0.1, -0.05) is 24.3 Å². The van der Waals surface area contributed by atoms with Gasteiger partial charge < -0.3 is 9.84 Å². The molecular formula is C15H17NO3. The van der Waals surface area contributed by atoms with Crippen molar-refractivity contribution in [2.45, 2.75) is 25.4 Å². The fourth-order valence-electron chi connectivity index (χ4n) is 1.85. The zero-order chi connectivity index (χ0) is 13.7. The van der Waals surface area contributed by atoms with Gasteiger partial charge in [-0.2, -0.15) is 0 Å². The Hall–Kier alpha value is -1.94. The van der Waals surface area contributed by atoms with Crippen molar-refractivity contribution in [2.24, 2.45) is 0 Å². The van der Waals surface area contributed by atoms with Gasteiger partial charge in [0.05, 0.1) is 24.1 Å². The molecule has 1 aliphatic heterocycles. The van der Waals surface area contributed by atoms with E-state index in [0.29, 0.717) is 13.0 Å². The molecule has 0 amide bonds. The van der Waals surface area contributed by atoms with E-state index < -0.39 is 5.60 Å². The molecule has 1 fully saturated rings. The number of aromatic nitrogens is 1. The number of aliphatic hydroxyl groups is 1. The number of carbonyl (C=O) groups excluding carboxylic acids is 1. The summed E-state index contributed by atoms with van der Waals surface area (Å²) in [6.45, 7) is 2.00. The van der Waals surface area contributed by atoms with E-state index in [2.05, 4.69) is 21.9 Å². The lowest BCUT2D eigenvalue weighted by Crippen LogP contribution is -2.35. The van der Waals surface area contributed by atoms with Crippen LogP contribution in [0.15, 0.2) is 42.6 Å². The molecule has 0 bridgehead atoms. The molecule has 1 atom stereocenters. The summed E-state index contributed by atoms with van der Waals surface area (Å²) in [6.07, 6.45) is 2.49. The molecule has 2 aromatic rings. The van der Waals surface area contributed by atoms with Crippen LogP contribution < -0.4 is 0 Å². The van der Waals surface area contributed by atoms with E-state index in [1.807, 2.05) is 30.5 Å². The van der Waals surface area contributed by atoms with E-state index >= 15 is 0 Å². The number of hydrogen-bond donors (Lipinski definition) is 1. The standard InChI is InChI=1S/C9H7N.C6H10O3/c1-2-6-9-8(4-1)5-3-7-10-9;1-6(8)2-3-9-5(7)4-6/h1-7H;8H,2-4H2,1H3/t;6-/m.1/s1. The van der Waals surface area contributed by atoms with Crippen LogP contribution >= 0.6 is 0 Å². The highest BCUT2D eigenvalue weighted by molar-refractivity contribution is 5.77. The summed E-state index contributed by atoms with van der Waals surface area (Å²) >= 11 is 0. The maximum atomic E-state index is 10.5. The van der Waals surface area contributed by atoms with Gasteiger partial charge >= 0.3 is 5.97 Å². The van der Waals surface area contributed by atoms with Gasteiger partial charge in [-0.15, -0.1) is 0 Å². The molecule has 0 radical (unpaired) electrons. The minimum Gasteiger partial charge on any atom is -0.465 e. The van der Waals surface area contributed by atoms with Gasteiger partial charge in [0.15, 0.2) is 0 Å². The SMILES string of the molecule is C[C@@]1(O)CCOC(=O)C1.c1ccc2ncccc2c1. The number of nitrogens with zero attached hydrogens (tertiary/aromatic N) is 1. The Labute approximate surface area is 112 Å². The fourth-order valence-corrected chi connectivity index (χ4v) is 1.85. The third kappa shape index (κ3) is 4.03. The van der Waals surface area contributed by atoms with E-state index in [0.717, 1.165) is 5.52 Å². The average Bonchev–Trinajstić information content (AvgIpc) is 2.38. The second-order valence-electron chi connectivity index (χ2n) is 4.84. The van der Waals surface area contributed by atoms with Crippen LogP contribution in [0.5, 0.6) is 0 Å². The molecule has 3 rings (SSSR count). The van der Waals surface area contributed by atoms with Gasteiger partial charge in [-0.25, -0.2) is 0 Å². The Morgan fingerprint density at radius 3 is 2.63 bits per heavy atom. The average molecular weight is 259 g/mol. The summed E-state index contributed by atoms with van der Waals surface area (Å²) < 4.78 is 4.61. The summed E-state index contributed by atoms with van der Waals surface area (Å²) in [6, 6.07) is 12.1. The number of pyridine rings is 1. The molecule has 100 valence electrons. The second kappa shape index (κ2) is 5.80. The highest BCUT2D eigenvalue weighted by atomic mass is 16.5. The van der Waals surface area contributed by atoms with E-state index in [4.69, 9.17) is 0 Å². The maximum Gasteiger partial charge on any atom is 0.308 e. The lowest BCUT2D eigenvalue weighted by molar-refractivity contribution is -0.157. The minimum absolute atomic E-state index is 0.132. The van der Waals surface area contributed by atoms with Crippen molar-refractivity contribution in [2.75, 3.05) is 6.61 Å². The predicted octanol–water partition coefficient (Wildman–Crippen LogP) is 2.31. The Morgan fingerprint density at radius 1 is 1.26 bits per heavy atom. The van der Waals surface area contributed by atoms with Crippen LogP contribution in [0.4, 0.5) is 0 Å². The molecule has 0 aliphatic carbocycles. The van der Waals surface area contributed by atoms with Crippen LogP contribution in [0.1, 0.15) is 19.8 Å². The Morgan fingerprint density at radius 2 is 2.00 bits per heavy atom. The number of hydrogen-bond acceptors (Lipinski definition) is 4. The molecule has 1 aromatic carbocycles. The van der Waals surface area contributed by atoms with Crippen LogP contribution in [0.2, 0.25) is 0 Å². The number of benzene rings is 1. The van der Waals surface area contributed by atoms with E-state index in [1.54, 1.807) is 6.92 Å². The van der Waals surface area contributed by atoms with Gasteiger partial charge in [-0.05, 0) is 19.1 Å². The van der Waals surface area contributed by atoms with Gasteiger partial charge in [0.2, 0.25) is 0 Å². The third-order valence-corrected chi connectivity index (χ3v) is 2.94. The summed E-state index contributed by atoms with van der Waals surface area (Å²) in [5, 5.41) is 10.4. The molecule has 4 nitrogen and oxygen atoms in total. The normalized spacial score (nSPS) is 22.3. The summed E-state index contributed by atoms with van der Waals surface area (Å²) in [5.41, 5.74) is 0.236. The summed E-state index contributed by atoms with van der Waals surface area (Å²) in [7, 11) is 0. The van der Waals surface area contributed by atoms with Gasteiger partial charge in [0, 0.05) is 18.0 Å². The van der Waals surface area contributed by atoms with E-state index in [9.17, 15) is 9.90 Å². The topological polar surface area (TPSA) is 59.4 Å². The third-order valence-electron chi connectivity index (χ3n) is 2.94. The lowest BCUT2D eigenvalue weighted by Gasteiger charge is -2.26. The van der Waals surface area contributed by atoms with Crippen LogP contribution in [-0.4, -0.2) is 28.3 Å². The molecule has 1 aliphatic rings. The first kappa shape index (κ1) is 13.5. The van der Waals surface area contributed by atoms with Crippen molar-refractivity contribution in [1.29, 1.82) is 0 Å². The molecular weight excluding hydrogens is 242 g/mol. The monoisotopic (exact) mass is 259 g/mol. The molecule has 2 heterocycles. The number of para-hydroxylation sites is 1. The van der Waals surface area contributed by atoms with Crippen molar-refractivity contribution in [3.63, 3.8) is 0 Å². The molecule has 19 heavy (non-hydrogen) atoms. The first-order valence-electron chi connectivity index (χ1n) is 6.25. The molecule has 1 saturated heterocycles. The fraction of sp³-hybridized carbons (Fsp3) is 0.333. The Bertz CT molecular complexity index is 501. The summed E-state index contributed by atoms with van der Waals surface area (Å²) in [4.78, 5) is 14.7. The predicted molar refractivity (Wildman–Crippen MR) is 72.6 cm³/mol. The first-order valence-corrected chi connectivity index (χ1v) is 6.25. The summed E-state index contributed by atoms with van der Waals surface area (Å²) in [5.74, 6) is -0.300. The van der Waals surface area contributed by atoms with Crippen molar-refractivity contribution in [1.82, 2.24) is 4.98 Å². The van der Waals surface area contributed by atoms with Crippen LogP contribution in [-0.2, 0) is 9.53 Å². The molecule has 4 heteroatoms. The van der Waals surface area contributed by atoms with Crippen molar-refractivity contribution in [3.8, 4) is 0 Å². The number of carbonyl (C=O) groups is 1. The maximum absolute atomic E-state index is 10.5. The molecule has 0 unspecified atom stereocenters. The Kier molecular flexibility index (Phi) is 4.12. The molecule has 0 saturated carbocycles. The van der Waals surface area contributed by atoms with Crippen LogP contribution in [0.25, 0.3) is 10.9 Å². The van der Waals surface area contributed by atoms with Gasteiger partial charge in [0.1, 0.15) is 0 Å². The highest BCUT2D eigenvalue weighted by Crippen LogP contribution is 2.19. The van der Waals surface area contributed by atoms with Crippen LogP contribution in [0, 0.1) is 0 Å². The van der Waals surface area contributed by atoms with Gasteiger partial charge in [-0.3, -0.25) is 9.78 Å². The van der Waals surface area contributed by atoms with Crippen molar-refractivity contribution in [3.05, 3.63) is 42.6 Å².